The number of carbonyl (C=O) groups is 1. The highest BCUT2D eigenvalue weighted by Gasteiger charge is 2.22. The van der Waals surface area contributed by atoms with Crippen molar-refractivity contribution in [3.05, 3.63) is 65.7 Å². The van der Waals surface area contributed by atoms with Crippen LogP contribution in [0.3, 0.4) is 0 Å². The Morgan fingerprint density at radius 3 is 2.64 bits per heavy atom. The predicted octanol–water partition coefficient (Wildman–Crippen LogP) is 3.57. The van der Waals surface area contributed by atoms with Gasteiger partial charge in [-0.3, -0.25) is 9.69 Å². The maximum Gasteiger partial charge on any atom is 0.255 e. The third-order valence-electron chi connectivity index (χ3n) is 4.89. The highest BCUT2D eigenvalue weighted by molar-refractivity contribution is 5.96. The van der Waals surface area contributed by atoms with Crippen molar-refractivity contribution in [2.45, 2.75) is 38.3 Å². The number of aromatic hydroxyl groups is 1. The van der Waals surface area contributed by atoms with Gasteiger partial charge in [0, 0.05) is 19.1 Å². The van der Waals surface area contributed by atoms with Crippen molar-refractivity contribution in [1.82, 2.24) is 10.2 Å². The number of phenolic OH excluding ortho intramolecular Hbond substituents is 1. The van der Waals surface area contributed by atoms with Crippen LogP contribution in [0.15, 0.2) is 54.6 Å². The first-order chi connectivity index (χ1) is 12.2. The van der Waals surface area contributed by atoms with E-state index in [2.05, 4.69) is 34.5 Å². The molecule has 1 unspecified atom stereocenters. The van der Waals surface area contributed by atoms with E-state index >= 15 is 0 Å². The van der Waals surface area contributed by atoms with Crippen molar-refractivity contribution in [3.63, 3.8) is 0 Å². The van der Waals surface area contributed by atoms with Gasteiger partial charge in [0.05, 0.1) is 5.56 Å². The van der Waals surface area contributed by atoms with Crippen LogP contribution in [0.2, 0.25) is 0 Å². The molecule has 1 saturated heterocycles. The van der Waals surface area contributed by atoms with E-state index in [1.54, 1.807) is 18.2 Å². The molecule has 0 spiro atoms. The highest BCUT2D eigenvalue weighted by Crippen LogP contribution is 2.22. The number of phenols is 1. The van der Waals surface area contributed by atoms with E-state index in [1.165, 1.54) is 30.9 Å². The van der Waals surface area contributed by atoms with Gasteiger partial charge in [0.2, 0.25) is 0 Å². The van der Waals surface area contributed by atoms with Crippen LogP contribution in [-0.2, 0) is 6.54 Å². The Labute approximate surface area is 149 Å². The van der Waals surface area contributed by atoms with Crippen LogP contribution in [0.25, 0.3) is 0 Å². The zero-order chi connectivity index (χ0) is 17.5. The molecule has 4 nitrogen and oxygen atoms in total. The standard InChI is InChI=1S/C21H26N2O2/c24-20-12-5-4-11-19(20)21(25)22-14-13-18-10-6-7-15-23(18)16-17-8-2-1-3-9-17/h1-5,8-9,11-12,18,24H,6-7,10,13-16H2,(H,22,25). The second kappa shape index (κ2) is 8.67. The van der Waals surface area contributed by atoms with Crippen molar-refractivity contribution >= 4 is 5.91 Å². The lowest BCUT2D eigenvalue weighted by atomic mass is 9.98. The van der Waals surface area contributed by atoms with Crippen LogP contribution in [0.1, 0.15) is 41.6 Å². The lowest BCUT2D eigenvalue weighted by molar-refractivity contribution is 0.0934. The SMILES string of the molecule is O=C(NCCC1CCCCN1Cc1ccccc1)c1ccccc1O. The molecule has 2 N–H and O–H groups in total. The average Bonchev–Trinajstić information content (AvgIpc) is 2.64. The summed E-state index contributed by atoms with van der Waals surface area (Å²) >= 11 is 0. The van der Waals surface area contributed by atoms with Gasteiger partial charge in [0.15, 0.2) is 0 Å². The molecule has 132 valence electrons. The van der Waals surface area contributed by atoms with Crippen LogP contribution in [-0.4, -0.2) is 35.0 Å². The Bertz CT molecular complexity index is 687. The van der Waals surface area contributed by atoms with Gasteiger partial charge in [0.1, 0.15) is 5.75 Å². The van der Waals surface area contributed by atoms with Crippen LogP contribution >= 0.6 is 0 Å². The first kappa shape index (κ1) is 17.5. The third kappa shape index (κ3) is 4.83. The molecule has 1 atom stereocenters. The molecule has 0 aliphatic carbocycles. The van der Waals surface area contributed by atoms with Crippen LogP contribution in [0.4, 0.5) is 0 Å². The molecule has 0 bridgehead atoms. The Hall–Kier alpha value is -2.33. The van der Waals surface area contributed by atoms with Crippen LogP contribution in [0.5, 0.6) is 5.75 Å². The van der Waals surface area contributed by atoms with Crippen LogP contribution in [0, 0.1) is 0 Å². The number of nitrogens with one attached hydrogen (secondary N) is 1. The van der Waals surface area contributed by atoms with E-state index in [4.69, 9.17) is 0 Å². The van der Waals surface area contributed by atoms with Gasteiger partial charge in [-0.15, -0.1) is 0 Å². The lowest BCUT2D eigenvalue weighted by Gasteiger charge is -2.36. The molecule has 1 aliphatic rings. The number of para-hydroxylation sites is 1. The largest absolute Gasteiger partial charge is 0.507 e. The second-order valence-electron chi connectivity index (χ2n) is 6.67. The van der Waals surface area contributed by atoms with Gasteiger partial charge in [0.25, 0.3) is 5.91 Å². The number of hydrogen-bond donors (Lipinski definition) is 2. The fraction of sp³-hybridized carbons (Fsp3) is 0.381. The number of rotatable bonds is 6. The summed E-state index contributed by atoms with van der Waals surface area (Å²) < 4.78 is 0. The Morgan fingerprint density at radius 1 is 1.08 bits per heavy atom. The molecule has 2 aromatic carbocycles. The Morgan fingerprint density at radius 2 is 1.84 bits per heavy atom. The summed E-state index contributed by atoms with van der Waals surface area (Å²) in [7, 11) is 0. The van der Waals surface area contributed by atoms with Gasteiger partial charge in [-0.05, 0) is 43.5 Å². The number of hydrogen-bond acceptors (Lipinski definition) is 3. The smallest absolute Gasteiger partial charge is 0.255 e. The summed E-state index contributed by atoms with van der Waals surface area (Å²) in [6.45, 7) is 2.72. The summed E-state index contributed by atoms with van der Waals surface area (Å²) in [5.74, 6) is -0.174. The van der Waals surface area contributed by atoms with E-state index in [9.17, 15) is 9.90 Å². The quantitative estimate of drug-likeness (QED) is 0.847. The number of likely N-dealkylation sites (tertiary alicyclic amines) is 1. The lowest BCUT2D eigenvalue weighted by Crippen LogP contribution is -2.41. The Balaban J connectivity index is 1.52. The van der Waals surface area contributed by atoms with Gasteiger partial charge in [-0.1, -0.05) is 48.9 Å². The molecule has 0 aromatic heterocycles. The normalized spacial score (nSPS) is 18.0. The number of amides is 1. The zero-order valence-corrected chi connectivity index (χ0v) is 14.5. The van der Waals surface area contributed by atoms with Crippen molar-refractivity contribution < 1.29 is 9.90 Å². The van der Waals surface area contributed by atoms with Crippen molar-refractivity contribution in [2.75, 3.05) is 13.1 Å². The molecule has 3 rings (SSSR count). The molecule has 1 aliphatic heterocycles. The topological polar surface area (TPSA) is 52.6 Å². The monoisotopic (exact) mass is 338 g/mol. The molecule has 0 radical (unpaired) electrons. The summed E-state index contributed by atoms with van der Waals surface area (Å²) in [5.41, 5.74) is 1.68. The fourth-order valence-electron chi connectivity index (χ4n) is 3.53. The predicted molar refractivity (Wildman–Crippen MR) is 99.5 cm³/mol. The van der Waals surface area contributed by atoms with Crippen molar-refractivity contribution in [3.8, 4) is 5.75 Å². The van der Waals surface area contributed by atoms with Crippen molar-refractivity contribution in [2.24, 2.45) is 0 Å². The second-order valence-corrected chi connectivity index (χ2v) is 6.67. The van der Waals surface area contributed by atoms with Crippen LogP contribution < -0.4 is 5.32 Å². The van der Waals surface area contributed by atoms with E-state index in [1.807, 2.05) is 6.07 Å². The van der Waals surface area contributed by atoms with Gasteiger partial charge in [-0.2, -0.15) is 0 Å². The van der Waals surface area contributed by atoms with Gasteiger partial charge < -0.3 is 10.4 Å². The summed E-state index contributed by atoms with van der Waals surface area (Å²) in [4.78, 5) is 14.7. The van der Waals surface area contributed by atoms with Gasteiger partial charge in [-0.25, -0.2) is 0 Å². The highest BCUT2D eigenvalue weighted by atomic mass is 16.3. The van der Waals surface area contributed by atoms with E-state index in [0.29, 0.717) is 18.2 Å². The molecule has 1 heterocycles. The minimum Gasteiger partial charge on any atom is -0.507 e. The number of carbonyl (C=O) groups excluding carboxylic acids is 1. The molecule has 4 heteroatoms. The first-order valence-electron chi connectivity index (χ1n) is 9.08. The number of benzene rings is 2. The Kier molecular flexibility index (Phi) is 6.07. The van der Waals surface area contributed by atoms with E-state index < -0.39 is 0 Å². The molecular formula is C21H26N2O2. The summed E-state index contributed by atoms with van der Waals surface area (Å²) in [6.07, 6.45) is 4.61. The minimum atomic E-state index is -0.205. The fourth-order valence-corrected chi connectivity index (χ4v) is 3.53. The number of piperidine rings is 1. The van der Waals surface area contributed by atoms with Gasteiger partial charge >= 0.3 is 0 Å². The summed E-state index contributed by atoms with van der Waals surface area (Å²) in [5, 5.41) is 12.7. The maximum absolute atomic E-state index is 12.2. The molecule has 0 saturated carbocycles. The minimum absolute atomic E-state index is 0.0309. The third-order valence-corrected chi connectivity index (χ3v) is 4.89. The molecule has 25 heavy (non-hydrogen) atoms. The zero-order valence-electron chi connectivity index (χ0n) is 14.5. The first-order valence-corrected chi connectivity index (χ1v) is 9.08. The molecular weight excluding hydrogens is 312 g/mol. The molecule has 2 aromatic rings. The maximum atomic E-state index is 12.2. The van der Waals surface area contributed by atoms with E-state index in [0.717, 1.165) is 19.5 Å². The van der Waals surface area contributed by atoms with Crippen molar-refractivity contribution in [1.29, 1.82) is 0 Å². The summed E-state index contributed by atoms with van der Waals surface area (Å²) in [6, 6.07) is 17.7. The van der Waals surface area contributed by atoms with E-state index in [-0.39, 0.29) is 11.7 Å². The molecule has 1 fully saturated rings. The number of nitrogens with zero attached hydrogens (tertiary/aromatic N) is 1. The molecule has 1 amide bonds. The average molecular weight is 338 g/mol.